The fourth-order valence-electron chi connectivity index (χ4n) is 0.845. The summed E-state index contributed by atoms with van der Waals surface area (Å²) in [4.78, 5) is 10.8. The van der Waals surface area contributed by atoms with Gasteiger partial charge in [0.2, 0.25) is 0 Å². The van der Waals surface area contributed by atoms with Gasteiger partial charge in [0, 0.05) is 13.2 Å². The minimum Gasteiger partial charge on any atom is -0.448 e. The summed E-state index contributed by atoms with van der Waals surface area (Å²) in [5.41, 5.74) is 0. The predicted molar refractivity (Wildman–Crippen MR) is 61.5 cm³/mol. The smallest absolute Gasteiger partial charge is 0.429 e. The van der Waals surface area contributed by atoms with Crippen LogP contribution in [0.25, 0.3) is 0 Å². The van der Waals surface area contributed by atoms with Crippen molar-refractivity contribution in [2.45, 2.75) is 26.2 Å². The summed E-state index contributed by atoms with van der Waals surface area (Å²) in [6, 6.07) is 0. The van der Waals surface area contributed by atoms with E-state index in [1.165, 1.54) is 0 Å². The molecule has 0 fully saturated rings. The number of unbranched alkanes of at least 4 members (excludes halogenated alkanes) is 2. The zero-order valence-electron chi connectivity index (χ0n) is 8.31. The number of carbonyl (C=O) groups is 1. The van der Waals surface area contributed by atoms with Gasteiger partial charge in [-0.2, -0.15) is 3.71 Å². The quantitative estimate of drug-likeness (QED) is 0.529. The van der Waals surface area contributed by atoms with Gasteiger partial charge in [0.25, 0.3) is 0 Å². The maximum Gasteiger partial charge on any atom is 0.429 e. The number of hydrogen-bond acceptors (Lipinski definition) is 5. The molecule has 6 heteroatoms. The van der Waals surface area contributed by atoms with Crippen molar-refractivity contribution in [2.24, 2.45) is 0 Å². The van der Waals surface area contributed by atoms with Gasteiger partial charge in [-0.3, -0.25) is 0 Å². The van der Waals surface area contributed by atoms with Crippen molar-refractivity contribution in [1.29, 1.82) is 0 Å². The Kier molecular flexibility index (Phi) is 9.44. The second-order valence-corrected chi connectivity index (χ2v) is 3.78. The first-order valence-electron chi connectivity index (χ1n) is 4.60. The van der Waals surface area contributed by atoms with Crippen LogP contribution in [0.3, 0.4) is 0 Å². The molecule has 1 amide bonds. The molecule has 0 rings (SSSR count). The monoisotopic (exact) mass is 239 g/mol. The number of amides is 1. The van der Waals surface area contributed by atoms with Gasteiger partial charge in [-0.25, -0.2) is 4.79 Å². The van der Waals surface area contributed by atoms with E-state index in [0.717, 1.165) is 36.2 Å². The molecule has 0 saturated carbocycles. The number of nitrogens with zero attached hydrogens (tertiary/aromatic N) is 1. The van der Waals surface area contributed by atoms with E-state index in [9.17, 15) is 4.79 Å². The lowest BCUT2D eigenvalue weighted by atomic mass is 10.2. The summed E-state index contributed by atoms with van der Waals surface area (Å²) in [5.74, 6) is 0. The molecule has 0 spiro atoms. The molecule has 0 saturated heterocycles. The first-order chi connectivity index (χ1) is 6.68. The molecule has 0 bridgehead atoms. The first-order valence-corrected chi connectivity index (χ1v) is 5.40. The van der Waals surface area contributed by atoms with Gasteiger partial charge >= 0.3 is 6.09 Å². The third-order valence-corrected chi connectivity index (χ3v) is 1.85. The van der Waals surface area contributed by atoms with Crippen molar-refractivity contribution in [3.8, 4) is 0 Å². The molecule has 0 aromatic carbocycles. The van der Waals surface area contributed by atoms with Crippen LogP contribution >= 0.6 is 25.6 Å². The van der Waals surface area contributed by atoms with Crippen LogP contribution < -0.4 is 0 Å². The van der Waals surface area contributed by atoms with Gasteiger partial charge < -0.3 is 9.47 Å². The molecule has 0 radical (unpaired) electrons. The summed E-state index contributed by atoms with van der Waals surface area (Å²) in [7, 11) is 0. The third kappa shape index (κ3) is 8.52. The Hall–Kier alpha value is -0.0700. The van der Waals surface area contributed by atoms with E-state index >= 15 is 0 Å². The highest BCUT2D eigenvalue weighted by molar-refractivity contribution is 7.94. The van der Waals surface area contributed by atoms with Gasteiger partial charge in [0.05, 0.1) is 6.61 Å². The average molecular weight is 239 g/mol. The third-order valence-electron chi connectivity index (χ3n) is 1.53. The summed E-state index contributed by atoms with van der Waals surface area (Å²) in [5, 5.41) is 0. The van der Waals surface area contributed by atoms with Crippen molar-refractivity contribution in [3.63, 3.8) is 0 Å². The molecule has 14 heavy (non-hydrogen) atoms. The number of hydrogen-bond donors (Lipinski definition) is 2. The molecule has 0 N–H and O–H groups in total. The molecular weight excluding hydrogens is 222 g/mol. The van der Waals surface area contributed by atoms with Gasteiger partial charge in [-0.15, -0.1) is 0 Å². The lowest BCUT2D eigenvalue weighted by molar-refractivity contribution is 0.130. The van der Waals surface area contributed by atoms with Crippen molar-refractivity contribution in [2.75, 3.05) is 19.8 Å². The molecule has 0 aliphatic rings. The normalized spacial score (nSPS) is 9.93. The van der Waals surface area contributed by atoms with Crippen LogP contribution in [0.4, 0.5) is 4.79 Å². The maximum atomic E-state index is 10.8. The molecule has 0 heterocycles. The minimum atomic E-state index is -0.540. The molecule has 0 aromatic rings. The number of rotatable bonds is 7. The van der Waals surface area contributed by atoms with Crippen molar-refractivity contribution in [1.82, 2.24) is 3.71 Å². The number of ether oxygens (including phenoxy) is 2. The van der Waals surface area contributed by atoms with E-state index in [2.05, 4.69) is 25.6 Å². The molecule has 84 valence electrons. The Morgan fingerprint density at radius 2 is 1.86 bits per heavy atom. The Labute approximate surface area is 96.0 Å². The first kappa shape index (κ1) is 13.9. The average Bonchev–Trinajstić information content (AvgIpc) is 2.16. The maximum absolute atomic E-state index is 10.8. The van der Waals surface area contributed by atoms with E-state index in [-0.39, 0.29) is 0 Å². The number of carbonyl (C=O) groups excluding carboxylic acids is 1. The summed E-state index contributed by atoms with van der Waals surface area (Å²) in [6.45, 7) is 3.90. The van der Waals surface area contributed by atoms with E-state index < -0.39 is 6.09 Å². The lowest BCUT2D eigenvalue weighted by Crippen LogP contribution is -2.14. The summed E-state index contributed by atoms with van der Waals surface area (Å²) in [6.07, 6.45) is 2.29. The molecular formula is C8H17NO3S2. The van der Waals surface area contributed by atoms with Crippen LogP contribution in [0.15, 0.2) is 0 Å². The van der Waals surface area contributed by atoms with E-state index in [4.69, 9.17) is 9.47 Å². The topological polar surface area (TPSA) is 38.8 Å². The second kappa shape index (κ2) is 9.48. The van der Waals surface area contributed by atoms with Crippen molar-refractivity contribution >= 4 is 31.7 Å². The standard InChI is InChI=1S/C8H17NO3S2/c1-2-11-6-4-3-5-7-12-8(10)9(13)14/h13-14H,2-7H2,1H3. The van der Waals surface area contributed by atoms with E-state index in [0.29, 0.717) is 6.61 Å². The highest BCUT2D eigenvalue weighted by Gasteiger charge is 2.05. The van der Waals surface area contributed by atoms with Crippen molar-refractivity contribution < 1.29 is 14.3 Å². The SMILES string of the molecule is CCOCCCCCOC(=O)N(S)S. The molecule has 0 aromatic heterocycles. The highest BCUT2D eigenvalue weighted by atomic mass is 32.2. The molecule has 0 aliphatic carbocycles. The van der Waals surface area contributed by atoms with Crippen LogP contribution in [0, 0.1) is 0 Å². The van der Waals surface area contributed by atoms with Crippen LogP contribution in [0.2, 0.25) is 0 Å². The van der Waals surface area contributed by atoms with E-state index in [1.54, 1.807) is 0 Å². The summed E-state index contributed by atoms with van der Waals surface area (Å²) < 4.78 is 10.8. The second-order valence-electron chi connectivity index (χ2n) is 2.66. The van der Waals surface area contributed by atoms with Gasteiger partial charge in [-0.05, 0) is 51.8 Å². The van der Waals surface area contributed by atoms with Crippen LogP contribution in [-0.2, 0) is 9.47 Å². The predicted octanol–water partition coefficient (Wildman–Crippen LogP) is 2.32. The Bertz CT molecular complexity index is 156. The molecule has 4 nitrogen and oxygen atoms in total. The highest BCUT2D eigenvalue weighted by Crippen LogP contribution is 2.03. The Morgan fingerprint density at radius 1 is 1.21 bits per heavy atom. The molecule has 0 aliphatic heterocycles. The number of thiol groups is 2. The van der Waals surface area contributed by atoms with Crippen LogP contribution in [-0.4, -0.2) is 29.6 Å². The zero-order valence-corrected chi connectivity index (χ0v) is 10.1. The summed E-state index contributed by atoms with van der Waals surface area (Å²) >= 11 is 7.33. The largest absolute Gasteiger partial charge is 0.448 e. The molecule has 0 unspecified atom stereocenters. The van der Waals surface area contributed by atoms with Gasteiger partial charge in [-0.1, -0.05) is 0 Å². The zero-order chi connectivity index (χ0) is 10.8. The fourth-order valence-corrected chi connectivity index (χ4v) is 0.960. The van der Waals surface area contributed by atoms with Crippen molar-refractivity contribution in [3.05, 3.63) is 0 Å². The van der Waals surface area contributed by atoms with Gasteiger partial charge in [0.15, 0.2) is 0 Å². The fraction of sp³-hybridized carbons (Fsp3) is 0.875. The van der Waals surface area contributed by atoms with Gasteiger partial charge in [0.1, 0.15) is 0 Å². The minimum absolute atomic E-state index is 0.405. The Morgan fingerprint density at radius 3 is 2.43 bits per heavy atom. The lowest BCUT2D eigenvalue weighted by Gasteiger charge is -2.08. The van der Waals surface area contributed by atoms with E-state index in [1.807, 2.05) is 6.92 Å². The van der Waals surface area contributed by atoms with Crippen LogP contribution in [0.5, 0.6) is 0 Å². The molecule has 0 atom stereocenters. The Balaban J connectivity index is 3.10. The van der Waals surface area contributed by atoms with Crippen LogP contribution in [0.1, 0.15) is 26.2 Å².